The van der Waals surface area contributed by atoms with E-state index in [9.17, 15) is 27.6 Å². The van der Waals surface area contributed by atoms with Crippen molar-refractivity contribution in [1.29, 1.82) is 0 Å². The van der Waals surface area contributed by atoms with Gasteiger partial charge in [-0.3, -0.25) is 14.4 Å². The Morgan fingerprint density at radius 2 is 0.800 bits per heavy atom. The van der Waals surface area contributed by atoms with Crippen molar-refractivity contribution < 1.29 is 41.8 Å². The summed E-state index contributed by atoms with van der Waals surface area (Å²) in [5.74, 6) is -1.15. The highest BCUT2D eigenvalue weighted by molar-refractivity contribution is 7.07. The summed E-state index contributed by atoms with van der Waals surface area (Å²) < 4.78 is 57.6. The molecule has 3 aromatic carbocycles. The second-order valence-corrected chi connectivity index (χ2v) is 14.8. The third kappa shape index (κ3) is 15.0. The van der Waals surface area contributed by atoms with Crippen LogP contribution < -0.4 is 30.2 Å². The number of carbonyl (C=O) groups excluding carboxylic acids is 3. The van der Waals surface area contributed by atoms with E-state index in [1.54, 1.807) is 61.1 Å². The number of ether oxygens (including phenoxy) is 3. The maximum absolute atomic E-state index is 13.8. The molecular weight excluding hydrogens is 930 g/mol. The minimum absolute atomic E-state index is 0.220. The Hall–Kier alpha value is -9.57. The summed E-state index contributed by atoms with van der Waals surface area (Å²) in [7, 11) is 0. The van der Waals surface area contributed by atoms with Crippen molar-refractivity contribution in [2.24, 2.45) is 0 Å². The van der Waals surface area contributed by atoms with Gasteiger partial charge in [0.25, 0.3) is 17.7 Å². The maximum Gasteiger partial charge on any atom is 0.275 e. The molecule has 0 aliphatic heterocycles. The molecule has 0 saturated heterocycles. The Kier molecular flexibility index (Phi) is 16.4. The van der Waals surface area contributed by atoms with Gasteiger partial charge in [0.15, 0.2) is 17.2 Å². The number of amides is 3. The van der Waals surface area contributed by atoms with E-state index in [-0.39, 0.29) is 51.4 Å². The van der Waals surface area contributed by atoms with Crippen LogP contribution in [-0.4, -0.2) is 62.6 Å². The first kappa shape index (κ1) is 48.4. The molecule has 0 aliphatic rings. The Morgan fingerprint density at radius 3 is 1.11 bits per heavy atom. The number of benzene rings is 3. The molecule has 18 nitrogen and oxygen atoms in total. The van der Waals surface area contributed by atoms with Crippen molar-refractivity contribution in [3.8, 4) is 34.5 Å². The Morgan fingerprint density at radius 1 is 0.457 bits per heavy atom. The van der Waals surface area contributed by atoms with Crippen molar-refractivity contribution in [1.82, 2.24) is 44.9 Å². The van der Waals surface area contributed by atoms with Gasteiger partial charge in [-0.15, -0.1) is 11.3 Å². The monoisotopic (exact) mass is 964 g/mol. The number of aryl methyl sites for hydroxylation is 2. The molecule has 0 spiro atoms. The molecule has 0 bridgehead atoms. The Bertz CT molecular complexity index is 3060. The number of nitrogens with zero attached hydrogens (tertiary/aromatic N) is 9. The van der Waals surface area contributed by atoms with Crippen molar-refractivity contribution in [2.45, 2.75) is 13.8 Å². The van der Waals surface area contributed by atoms with Gasteiger partial charge in [-0.1, -0.05) is 12.1 Å². The number of rotatable bonds is 12. The molecule has 350 valence electrons. The van der Waals surface area contributed by atoms with Crippen LogP contribution in [0.3, 0.4) is 0 Å². The topological polar surface area (TPSA) is 231 Å². The number of hydrogen-bond donors (Lipinski definition) is 3. The van der Waals surface area contributed by atoms with Crippen LogP contribution in [0.5, 0.6) is 34.5 Å². The van der Waals surface area contributed by atoms with E-state index in [2.05, 4.69) is 60.8 Å². The van der Waals surface area contributed by atoms with Gasteiger partial charge in [-0.05, 0) is 56.3 Å². The zero-order valence-electron chi connectivity index (χ0n) is 36.5. The predicted octanol–water partition coefficient (Wildman–Crippen LogP) is 9.84. The molecule has 6 heterocycles. The number of thiazole rings is 1. The summed E-state index contributed by atoms with van der Waals surface area (Å²) in [4.78, 5) is 71.3. The van der Waals surface area contributed by atoms with Gasteiger partial charge in [-0.25, -0.2) is 58.0 Å². The molecule has 6 aromatic heterocycles. The highest BCUT2D eigenvalue weighted by Gasteiger charge is 2.14. The van der Waals surface area contributed by atoms with Crippen LogP contribution in [0, 0.1) is 31.3 Å². The van der Waals surface area contributed by atoms with Gasteiger partial charge in [-0.2, -0.15) is 0 Å². The number of carbonyl (C=O) groups is 3. The van der Waals surface area contributed by atoms with Gasteiger partial charge >= 0.3 is 0 Å². The van der Waals surface area contributed by atoms with Crippen molar-refractivity contribution in [3.63, 3.8) is 0 Å². The molecule has 70 heavy (non-hydrogen) atoms. The van der Waals surface area contributed by atoms with Gasteiger partial charge in [0.05, 0.1) is 42.7 Å². The Labute approximate surface area is 399 Å². The Balaban J connectivity index is 0.000000155. The van der Waals surface area contributed by atoms with E-state index >= 15 is 0 Å². The minimum Gasteiger partial charge on any atom is -0.454 e. The molecule has 0 atom stereocenters. The molecule has 3 amide bonds. The lowest BCUT2D eigenvalue weighted by Crippen LogP contribution is -2.14. The average molecular weight is 965 g/mol. The molecule has 3 N–H and O–H groups in total. The third-order valence-corrected chi connectivity index (χ3v) is 9.20. The number of hydrogen-bond acceptors (Lipinski definition) is 16. The van der Waals surface area contributed by atoms with Crippen LogP contribution >= 0.6 is 11.3 Å². The van der Waals surface area contributed by atoms with Crippen molar-refractivity contribution in [3.05, 3.63) is 204 Å². The van der Waals surface area contributed by atoms with E-state index in [0.29, 0.717) is 17.2 Å². The molecule has 22 heteroatoms. The third-order valence-electron chi connectivity index (χ3n) is 8.61. The number of halogens is 3. The van der Waals surface area contributed by atoms with E-state index in [4.69, 9.17) is 14.2 Å². The maximum atomic E-state index is 13.8. The molecule has 9 rings (SSSR count). The zero-order valence-corrected chi connectivity index (χ0v) is 37.3. The highest BCUT2D eigenvalue weighted by atomic mass is 32.1. The first-order valence-corrected chi connectivity index (χ1v) is 21.2. The second-order valence-electron chi connectivity index (χ2n) is 14.1. The summed E-state index contributed by atoms with van der Waals surface area (Å²) in [5.41, 5.74) is 4.54. The fourth-order valence-electron chi connectivity index (χ4n) is 5.75. The number of nitrogens with one attached hydrogen (secondary N) is 3. The first-order valence-electron chi connectivity index (χ1n) is 20.3. The largest absolute Gasteiger partial charge is 0.454 e. The average Bonchev–Trinajstić information content (AvgIpc) is 3.89. The standard InChI is InChI=1S/2C17H13FN4O2.C14H9FN4O2S/c2*1-11-3-2-4-16(21-11)17(23)22-13-5-12(18)6-14(7-13)24-15-8-19-10-20-9-15;15-9-1-10(19-14(20)13-6-22-8-18-13)3-11(2-9)21-12-4-16-7-17-5-12/h2*2-10H,1H3,(H,22,23);1-8H,(H,19,20). The molecule has 9 aromatic rings. The zero-order chi connectivity index (χ0) is 49.2. The summed E-state index contributed by atoms with van der Waals surface area (Å²) in [6.45, 7) is 3.57. The fraction of sp³-hybridized carbons (Fsp3) is 0.0417. The summed E-state index contributed by atoms with van der Waals surface area (Å²) in [6, 6.07) is 21.9. The first-order chi connectivity index (χ1) is 33.9. The van der Waals surface area contributed by atoms with E-state index in [0.717, 1.165) is 11.4 Å². The van der Waals surface area contributed by atoms with Gasteiger partial charge < -0.3 is 30.2 Å². The number of pyridine rings is 2. The quantitative estimate of drug-likeness (QED) is 0.103. The molecule has 0 radical (unpaired) electrons. The lowest BCUT2D eigenvalue weighted by molar-refractivity contribution is 0.101. The lowest BCUT2D eigenvalue weighted by atomic mass is 10.2. The van der Waals surface area contributed by atoms with Crippen LogP contribution in [0.25, 0.3) is 0 Å². The lowest BCUT2D eigenvalue weighted by Gasteiger charge is -2.09. The van der Waals surface area contributed by atoms with E-state index in [1.165, 1.54) is 122 Å². The van der Waals surface area contributed by atoms with Crippen LogP contribution in [0.15, 0.2) is 158 Å². The van der Waals surface area contributed by atoms with Crippen LogP contribution in [-0.2, 0) is 0 Å². The predicted molar refractivity (Wildman–Crippen MR) is 249 cm³/mol. The summed E-state index contributed by atoms with van der Waals surface area (Å²) in [6.07, 6.45) is 12.8. The molecular formula is C48H35F3N12O6S. The summed E-state index contributed by atoms with van der Waals surface area (Å²) >= 11 is 1.30. The van der Waals surface area contributed by atoms with Crippen LogP contribution in [0.2, 0.25) is 0 Å². The second kappa shape index (κ2) is 23.7. The molecule has 0 saturated carbocycles. The smallest absolute Gasteiger partial charge is 0.275 e. The minimum atomic E-state index is -0.545. The van der Waals surface area contributed by atoms with E-state index < -0.39 is 35.2 Å². The van der Waals surface area contributed by atoms with Crippen LogP contribution in [0.1, 0.15) is 42.9 Å². The number of aromatic nitrogens is 9. The van der Waals surface area contributed by atoms with Gasteiger partial charge in [0, 0.05) is 70.2 Å². The molecule has 0 unspecified atom stereocenters. The number of anilines is 3. The molecule has 0 aliphatic carbocycles. The molecule has 0 fully saturated rings. The van der Waals surface area contributed by atoms with Crippen molar-refractivity contribution in [2.75, 3.05) is 16.0 Å². The SMILES string of the molecule is Cc1cccc(C(=O)Nc2cc(F)cc(Oc3cncnc3)c2)n1.Cc1cccc(C(=O)Nc2cc(F)cc(Oc3cncnc3)c2)n1.O=C(Nc1cc(F)cc(Oc2cncnc2)c1)c1cscn1. The fourth-order valence-corrected chi connectivity index (χ4v) is 6.29. The van der Waals surface area contributed by atoms with Crippen molar-refractivity contribution >= 4 is 46.1 Å². The van der Waals surface area contributed by atoms with E-state index in [1.807, 2.05) is 0 Å². The van der Waals surface area contributed by atoms with Gasteiger partial charge in [0.1, 0.15) is 70.8 Å². The highest BCUT2D eigenvalue weighted by Crippen LogP contribution is 2.28. The van der Waals surface area contributed by atoms with Crippen LogP contribution in [0.4, 0.5) is 30.2 Å². The summed E-state index contributed by atoms with van der Waals surface area (Å²) in [5, 5.41) is 9.37. The normalized spacial score (nSPS) is 10.2. The van der Waals surface area contributed by atoms with Gasteiger partial charge in [0.2, 0.25) is 0 Å².